The second kappa shape index (κ2) is 9.89. The van der Waals surface area contributed by atoms with Crippen molar-refractivity contribution in [1.29, 1.82) is 0 Å². The molecule has 0 spiro atoms. The first-order valence-corrected chi connectivity index (χ1v) is 8.50. The minimum absolute atomic E-state index is 0.169. The summed E-state index contributed by atoms with van der Waals surface area (Å²) >= 11 is 5.96. The smallest absolute Gasteiger partial charge is 0.238 e. The molecule has 1 amide bonds. The van der Waals surface area contributed by atoms with Crippen LogP contribution < -0.4 is 24.8 Å². The van der Waals surface area contributed by atoms with E-state index in [-0.39, 0.29) is 12.5 Å². The maximum absolute atomic E-state index is 12.1. The van der Waals surface area contributed by atoms with E-state index >= 15 is 0 Å². The van der Waals surface area contributed by atoms with Crippen LogP contribution in [0.2, 0.25) is 5.02 Å². The van der Waals surface area contributed by atoms with Gasteiger partial charge in [0.1, 0.15) is 5.75 Å². The van der Waals surface area contributed by atoms with Crippen molar-refractivity contribution >= 4 is 23.2 Å². The molecule has 2 aromatic rings. The number of carbonyl (C=O) groups is 1. The first-order chi connectivity index (χ1) is 12.6. The predicted octanol–water partition coefficient (Wildman–Crippen LogP) is 3.14. The third-order valence-corrected chi connectivity index (χ3v) is 3.99. The Morgan fingerprint density at radius 3 is 2.35 bits per heavy atom. The van der Waals surface area contributed by atoms with Gasteiger partial charge >= 0.3 is 0 Å². The molecule has 0 saturated heterocycles. The molecule has 0 aromatic heterocycles. The van der Waals surface area contributed by atoms with Crippen molar-refractivity contribution in [1.82, 2.24) is 5.32 Å². The van der Waals surface area contributed by atoms with Crippen molar-refractivity contribution in [2.45, 2.75) is 6.42 Å². The Morgan fingerprint density at radius 2 is 1.65 bits per heavy atom. The molecule has 2 N–H and O–H groups in total. The van der Waals surface area contributed by atoms with Gasteiger partial charge in [-0.1, -0.05) is 17.7 Å². The molecule has 0 bridgehead atoms. The molecule has 0 saturated carbocycles. The van der Waals surface area contributed by atoms with E-state index in [4.69, 9.17) is 25.8 Å². The van der Waals surface area contributed by atoms with Crippen LogP contribution in [0.4, 0.5) is 5.69 Å². The van der Waals surface area contributed by atoms with Crippen molar-refractivity contribution in [3.63, 3.8) is 0 Å². The average Bonchev–Trinajstić information content (AvgIpc) is 2.65. The van der Waals surface area contributed by atoms with Gasteiger partial charge in [0, 0.05) is 5.02 Å². The fraction of sp³-hybridized carbons (Fsp3) is 0.316. The number of halogens is 1. The van der Waals surface area contributed by atoms with E-state index < -0.39 is 0 Å². The number of anilines is 1. The standard InChI is InChI=1S/C19H23ClN2O4/c1-24-16-7-5-14(20)11-15(16)22-19(23)12-21-9-8-13-4-6-17(25-2)18(10-13)26-3/h4-7,10-11,21H,8-9,12H2,1-3H3,(H,22,23). The molecule has 0 aliphatic carbocycles. The van der Waals surface area contributed by atoms with E-state index in [1.165, 1.54) is 0 Å². The number of amides is 1. The van der Waals surface area contributed by atoms with Gasteiger partial charge in [-0.25, -0.2) is 0 Å². The second-order valence-electron chi connectivity index (χ2n) is 5.51. The van der Waals surface area contributed by atoms with Gasteiger partial charge in [-0.15, -0.1) is 0 Å². The molecular weight excluding hydrogens is 356 g/mol. The monoisotopic (exact) mass is 378 g/mol. The molecule has 26 heavy (non-hydrogen) atoms. The Kier molecular flexibility index (Phi) is 7.56. The minimum atomic E-state index is -0.169. The Hall–Kier alpha value is -2.44. The van der Waals surface area contributed by atoms with Crippen LogP contribution in [0, 0.1) is 0 Å². The minimum Gasteiger partial charge on any atom is -0.495 e. The number of ether oxygens (including phenoxy) is 3. The Balaban J connectivity index is 1.81. The van der Waals surface area contributed by atoms with Crippen LogP contribution in [0.25, 0.3) is 0 Å². The first kappa shape index (κ1) is 19.9. The molecule has 0 radical (unpaired) electrons. The Morgan fingerprint density at radius 1 is 0.962 bits per heavy atom. The topological polar surface area (TPSA) is 68.8 Å². The number of benzene rings is 2. The van der Waals surface area contributed by atoms with E-state index in [1.54, 1.807) is 39.5 Å². The summed E-state index contributed by atoms with van der Waals surface area (Å²) in [6.07, 6.45) is 0.758. The molecule has 0 aliphatic heterocycles. The van der Waals surface area contributed by atoms with Crippen LogP contribution in [-0.2, 0) is 11.2 Å². The van der Waals surface area contributed by atoms with Gasteiger partial charge in [0.2, 0.25) is 5.91 Å². The SMILES string of the molecule is COc1ccc(Cl)cc1NC(=O)CNCCc1ccc(OC)c(OC)c1. The molecule has 0 unspecified atom stereocenters. The lowest BCUT2D eigenvalue weighted by Gasteiger charge is -2.12. The molecule has 7 heteroatoms. The highest BCUT2D eigenvalue weighted by Gasteiger charge is 2.08. The zero-order valence-electron chi connectivity index (χ0n) is 15.1. The fourth-order valence-corrected chi connectivity index (χ4v) is 2.62. The van der Waals surface area contributed by atoms with Gasteiger partial charge in [-0.2, -0.15) is 0 Å². The zero-order valence-corrected chi connectivity index (χ0v) is 15.9. The largest absolute Gasteiger partial charge is 0.495 e. The molecule has 0 heterocycles. The van der Waals surface area contributed by atoms with Crippen molar-refractivity contribution in [3.8, 4) is 17.2 Å². The van der Waals surface area contributed by atoms with Crippen LogP contribution in [0.3, 0.4) is 0 Å². The number of hydrogen-bond donors (Lipinski definition) is 2. The summed E-state index contributed by atoms with van der Waals surface area (Å²) in [6, 6.07) is 10.8. The summed E-state index contributed by atoms with van der Waals surface area (Å²) in [6.45, 7) is 0.832. The van der Waals surface area contributed by atoms with Crippen LogP contribution in [0.5, 0.6) is 17.2 Å². The Labute approximate surface area is 158 Å². The highest BCUT2D eigenvalue weighted by atomic mass is 35.5. The maximum atomic E-state index is 12.1. The maximum Gasteiger partial charge on any atom is 0.238 e. The zero-order chi connectivity index (χ0) is 18.9. The van der Waals surface area contributed by atoms with Gasteiger partial charge in [0.05, 0.1) is 33.6 Å². The van der Waals surface area contributed by atoms with Crippen molar-refractivity contribution in [2.75, 3.05) is 39.7 Å². The van der Waals surface area contributed by atoms with Gasteiger partial charge < -0.3 is 24.8 Å². The van der Waals surface area contributed by atoms with Gasteiger partial charge in [0.15, 0.2) is 11.5 Å². The normalized spacial score (nSPS) is 10.3. The van der Waals surface area contributed by atoms with Crippen LogP contribution in [-0.4, -0.2) is 40.3 Å². The van der Waals surface area contributed by atoms with Gasteiger partial charge in [-0.05, 0) is 48.9 Å². The number of carbonyl (C=O) groups excluding carboxylic acids is 1. The molecule has 0 fully saturated rings. The van der Waals surface area contributed by atoms with Crippen molar-refractivity contribution in [3.05, 3.63) is 47.0 Å². The molecule has 0 aliphatic rings. The molecule has 6 nitrogen and oxygen atoms in total. The van der Waals surface area contributed by atoms with E-state index in [0.717, 1.165) is 12.0 Å². The summed E-state index contributed by atoms with van der Waals surface area (Å²) in [7, 11) is 4.75. The molecular formula is C19H23ClN2O4. The molecule has 2 aromatic carbocycles. The average molecular weight is 379 g/mol. The Bertz CT molecular complexity index is 752. The molecule has 0 atom stereocenters. The summed E-state index contributed by atoms with van der Waals surface area (Å²) in [5.74, 6) is 1.78. The van der Waals surface area contributed by atoms with E-state index in [0.29, 0.717) is 34.5 Å². The lowest BCUT2D eigenvalue weighted by atomic mass is 10.1. The van der Waals surface area contributed by atoms with E-state index in [9.17, 15) is 4.79 Å². The van der Waals surface area contributed by atoms with Crippen molar-refractivity contribution in [2.24, 2.45) is 0 Å². The third kappa shape index (κ3) is 5.54. The van der Waals surface area contributed by atoms with Crippen LogP contribution in [0.1, 0.15) is 5.56 Å². The summed E-state index contributed by atoms with van der Waals surface area (Å²) in [5, 5.41) is 6.43. The summed E-state index contributed by atoms with van der Waals surface area (Å²) < 4.78 is 15.7. The fourth-order valence-electron chi connectivity index (χ4n) is 2.44. The van der Waals surface area contributed by atoms with Gasteiger partial charge in [-0.3, -0.25) is 4.79 Å². The molecule has 140 valence electrons. The lowest BCUT2D eigenvalue weighted by molar-refractivity contribution is -0.115. The predicted molar refractivity (Wildman–Crippen MR) is 103 cm³/mol. The number of methoxy groups -OCH3 is 3. The second-order valence-corrected chi connectivity index (χ2v) is 5.95. The lowest BCUT2D eigenvalue weighted by Crippen LogP contribution is -2.29. The quantitative estimate of drug-likeness (QED) is 0.656. The van der Waals surface area contributed by atoms with E-state index in [2.05, 4.69) is 10.6 Å². The number of hydrogen-bond acceptors (Lipinski definition) is 5. The number of rotatable bonds is 9. The van der Waals surface area contributed by atoms with E-state index in [1.807, 2.05) is 18.2 Å². The highest BCUT2D eigenvalue weighted by molar-refractivity contribution is 6.31. The highest BCUT2D eigenvalue weighted by Crippen LogP contribution is 2.28. The third-order valence-electron chi connectivity index (χ3n) is 3.76. The van der Waals surface area contributed by atoms with Crippen LogP contribution >= 0.6 is 11.6 Å². The summed E-state index contributed by atoms with van der Waals surface area (Å²) in [4.78, 5) is 12.1. The van der Waals surface area contributed by atoms with Gasteiger partial charge in [0.25, 0.3) is 0 Å². The molecule has 2 rings (SSSR count). The van der Waals surface area contributed by atoms with Crippen LogP contribution in [0.15, 0.2) is 36.4 Å². The number of nitrogens with one attached hydrogen (secondary N) is 2. The van der Waals surface area contributed by atoms with Crippen molar-refractivity contribution < 1.29 is 19.0 Å². The first-order valence-electron chi connectivity index (χ1n) is 8.12. The summed E-state index contributed by atoms with van der Waals surface area (Å²) in [5.41, 5.74) is 1.64.